The molecule has 0 amide bonds. The molecule has 1 radical (unpaired) electrons. The molecule has 4 nitrogen and oxygen atoms in total. The molecule has 5 heteroatoms. The average Bonchev–Trinajstić information content (AvgIpc) is 2.57. The van der Waals surface area contributed by atoms with Crippen LogP contribution in [0.25, 0.3) is 21.8 Å². The van der Waals surface area contributed by atoms with Gasteiger partial charge in [0.2, 0.25) is 0 Å². The number of nitrogens with zero attached hydrogens (tertiary/aromatic N) is 2. The Kier molecular flexibility index (Phi) is 5.52. The number of fused-ring (bicyclic) bond motifs is 2. The van der Waals surface area contributed by atoms with Crippen molar-refractivity contribution in [1.82, 2.24) is 9.97 Å². The van der Waals surface area contributed by atoms with Crippen molar-refractivity contribution in [3.63, 3.8) is 0 Å². The summed E-state index contributed by atoms with van der Waals surface area (Å²) in [6.07, 6.45) is 3.26. The third kappa shape index (κ3) is 3.77. The van der Waals surface area contributed by atoms with Crippen LogP contribution in [0.1, 0.15) is 0 Å². The van der Waals surface area contributed by atoms with E-state index in [1.165, 1.54) is 12.1 Å². The van der Waals surface area contributed by atoms with Crippen molar-refractivity contribution >= 4 is 21.8 Å². The summed E-state index contributed by atoms with van der Waals surface area (Å²) in [6, 6.07) is 17.7. The van der Waals surface area contributed by atoms with Gasteiger partial charge in [-0.3, -0.25) is 9.97 Å². The molecule has 0 atom stereocenters. The van der Waals surface area contributed by atoms with Gasteiger partial charge in [0.1, 0.15) is 0 Å². The zero-order valence-electron chi connectivity index (χ0n) is 11.9. The van der Waals surface area contributed by atoms with Crippen LogP contribution in [0.3, 0.4) is 0 Å². The van der Waals surface area contributed by atoms with Crippen molar-refractivity contribution < 1.29 is 27.3 Å². The standard InChI is InChI=1S/2C9H7NO.Cu/c2*11-8-5-1-3-7-4-2-6-10-9(7)8;/h2*1-6,11H;/q;;+2/p-2. The number of hydrogen-bond donors (Lipinski definition) is 0. The smallest absolute Gasteiger partial charge is 0.871 e. The van der Waals surface area contributed by atoms with E-state index in [4.69, 9.17) is 0 Å². The van der Waals surface area contributed by atoms with Crippen LogP contribution in [0.15, 0.2) is 73.1 Å². The third-order valence-corrected chi connectivity index (χ3v) is 3.19. The first-order chi connectivity index (χ1) is 10.8. The van der Waals surface area contributed by atoms with Crippen LogP contribution < -0.4 is 10.2 Å². The Morgan fingerprint density at radius 3 is 1.35 bits per heavy atom. The van der Waals surface area contributed by atoms with Gasteiger partial charge in [-0.05, 0) is 22.9 Å². The molecule has 23 heavy (non-hydrogen) atoms. The first-order valence-electron chi connectivity index (χ1n) is 6.77. The Balaban J connectivity index is 0.000000160. The normalized spacial score (nSPS) is 9.74. The Labute approximate surface area is 143 Å². The molecule has 2 aromatic heterocycles. The van der Waals surface area contributed by atoms with Gasteiger partial charge in [-0.1, -0.05) is 60.0 Å². The third-order valence-electron chi connectivity index (χ3n) is 3.19. The maximum Gasteiger partial charge on any atom is 2.00 e. The second-order valence-corrected chi connectivity index (χ2v) is 4.66. The maximum atomic E-state index is 11.1. The first-order valence-corrected chi connectivity index (χ1v) is 6.77. The van der Waals surface area contributed by atoms with Crippen molar-refractivity contribution in [2.75, 3.05) is 0 Å². The fourth-order valence-corrected chi connectivity index (χ4v) is 2.15. The second kappa shape index (κ2) is 7.58. The first kappa shape index (κ1) is 16.7. The van der Waals surface area contributed by atoms with Gasteiger partial charge >= 0.3 is 17.1 Å². The topological polar surface area (TPSA) is 71.9 Å². The Morgan fingerprint density at radius 1 is 0.565 bits per heavy atom. The van der Waals surface area contributed by atoms with Crippen LogP contribution in [-0.2, 0) is 17.1 Å². The van der Waals surface area contributed by atoms with Crippen molar-refractivity contribution in [3.8, 4) is 11.5 Å². The molecule has 4 rings (SSSR count). The molecule has 117 valence electrons. The van der Waals surface area contributed by atoms with Crippen LogP contribution >= 0.6 is 0 Å². The van der Waals surface area contributed by atoms with Gasteiger partial charge in [0.05, 0.1) is 11.0 Å². The van der Waals surface area contributed by atoms with E-state index in [2.05, 4.69) is 9.97 Å². The van der Waals surface area contributed by atoms with E-state index in [-0.39, 0.29) is 28.6 Å². The van der Waals surface area contributed by atoms with Crippen LogP contribution in [0.2, 0.25) is 0 Å². The molecule has 0 aliphatic heterocycles. The van der Waals surface area contributed by atoms with Crippen molar-refractivity contribution in [1.29, 1.82) is 0 Å². The number of benzene rings is 2. The van der Waals surface area contributed by atoms with Crippen LogP contribution in [0.4, 0.5) is 0 Å². The summed E-state index contributed by atoms with van der Waals surface area (Å²) in [4.78, 5) is 7.94. The Bertz CT molecular complexity index is 841. The van der Waals surface area contributed by atoms with Crippen LogP contribution in [0.5, 0.6) is 11.5 Å². The van der Waals surface area contributed by atoms with E-state index in [9.17, 15) is 10.2 Å². The number of hydrogen-bond acceptors (Lipinski definition) is 4. The van der Waals surface area contributed by atoms with E-state index in [1.54, 1.807) is 24.5 Å². The molecule has 0 aliphatic carbocycles. The van der Waals surface area contributed by atoms with Gasteiger partial charge in [-0.2, -0.15) is 0 Å². The summed E-state index contributed by atoms with van der Waals surface area (Å²) < 4.78 is 0. The van der Waals surface area contributed by atoms with Gasteiger partial charge in [-0.25, -0.2) is 0 Å². The fraction of sp³-hybridized carbons (Fsp3) is 0. The zero-order chi connectivity index (χ0) is 15.4. The van der Waals surface area contributed by atoms with Gasteiger partial charge in [0.25, 0.3) is 0 Å². The molecular weight excluding hydrogens is 340 g/mol. The average molecular weight is 352 g/mol. The van der Waals surface area contributed by atoms with Gasteiger partial charge < -0.3 is 10.2 Å². The van der Waals surface area contributed by atoms with Crippen molar-refractivity contribution in [2.24, 2.45) is 0 Å². The minimum Gasteiger partial charge on any atom is -0.871 e. The number of aromatic nitrogens is 2. The van der Waals surface area contributed by atoms with E-state index < -0.39 is 0 Å². The van der Waals surface area contributed by atoms with E-state index in [1.807, 2.05) is 36.4 Å². The second-order valence-electron chi connectivity index (χ2n) is 4.66. The molecule has 0 fully saturated rings. The maximum absolute atomic E-state index is 11.1. The van der Waals surface area contributed by atoms with Crippen LogP contribution in [-0.4, -0.2) is 9.97 Å². The minimum atomic E-state index is -0.0110. The largest absolute Gasteiger partial charge is 2.00 e. The molecular formula is C18H12CuN2O2. The van der Waals surface area contributed by atoms with Gasteiger partial charge in [0, 0.05) is 12.4 Å². The summed E-state index contributed by atoms with van der Waals surface area (Å²) in [7, 11) is 0. The monoisotopic (exact) mass is 351 g/mol. The molecule has 0 bridgehead atoms. The predicted molar refractivity (Wildman–Crippen MR) is 82.4 cm³/mol. The number of pyridine rings is 2. The molecule has 0 saturated carbocycles. The van der Waals surface area contributed by atoms with E-state index in [0.717, 1.165) is 10.8 Å². The molecule has 0 unspecified atom stereocenters. The Hall–Kier alpha value is -2.62. The van der Waals surface area contributed by atoms with Gasteiger partial charge in [0.15, 0.2) is 0 Å². The SMILES string of the molecule is [Cu+2].[O-]c1cccc2cccnc12.[O-]c1cccc2cccnc12. The summed E-state index contributed by atoms with van der Waals surface area (Å²) in [5, 5.41) is 24.0. The predicted octanol–water partition coefficient (Wildman–Crippen LogP) is 2.61. The summed E-state index contributed by atoms with van der Waals surface area (Å²) in [5.41, 5.74) is 1.10. The molecule has 0 N–H and O–H groups in total. The van der Waals surface area contributed by atoms with Crippen LogP contribution in [0, 0.1) is 0 Å². The summed E-state index contributed by atoms with van der Waals surface area (Å²) in [5.74, 6) is -0.0220. The molecule has 0 saturated heterocycles. The molecule has 0 spiro atoms. The number of para-hydroxylation sites is 2. The Morgan fingerprint density at radius 2 is 0.957 bits per heavy atom. The van der Waals surface area contributed by atoms with E-state index in [0.29, 0.717) is 11.0 Å². The summed E-state index contributed by atoms with van der Waals surface area (Å²) >= 11 is 0. The quantitative estimate of drug-likeness (QED) is 0.456. The van der Waals surface area contributed by atoms with Crippen molar-refractivity contribution in [3.05, 3.63) is 73.1 Å². The molecule has 2 aromatic carbocycles. The molecule has 2 heterocycles. The molecule has 0 aliphatic rings. The molecule has 4 aromatic rings. The number of rotatable bonds is 0. The van der Waals surface area contributed by atoms with Gasteiger partial charge in [-0.15, -0.1) is 0 Å². The minimum absolute atomic E-state index is 0. The van der Waals surface area contributed by atoms with Crippen molar-refractivity contribution in [2.45, 2.75) is 0 Å². The zero-order valence-corrected chi connectivity index (χ0v) is 12.9. The summed E-state index contributed by atoms with van der Waals surface area (Å²) in [6.45, 7) is 0. The fourth-order valence-electron chi connectivity index (χ4n) is 2.15. The van der Waals surface area contributed by atoms with E-state index >= 15 is 0 Å².